The van der Waals surface area contributed by atoms with Crippen molar-refractivity contribution in [2.45, 2.75) is 12.4 Å². The highest BCUT2D eigenvalue weighted by Gasteiger charge is 2.41. The van der Waals surface area contributed by atoms with Crippen LogP contribution in [0.5, 0.6) is 0 Å². The summed E-state index contributed by atoms with van der Waals surface area (Å²) in [6.45, 7) is 0. The maximum absolute atomic E-state index is 12.5. The van der Waals surface area contributed by atoms with E-state index < -0.39 is 41.0 Å². The van der Waals surface area contributed by atoms with E-state index in [1.54, 1.807) is 0 Å². The van der Waals surface area contributed by atoms with Gasteiger partial charge in [0.05, 0.1) is 16.8 Å². The Morgan fingerprint density at radius 3 is 2.00 bits per heavy atom. The van der Waals surface area contributed by atoms with E-state index >= 15 is 0 Å². The number of hydrogen-bond acceptors (Lipinski definition) is 2. The van der Waals surface area contributed by atoms with Crippen molar-refractivity contribution in [3.63, 3.8) is 0 Å². The number of rotatable bonds is 2. The largest absolute Gasteiger partial charge is 0.478 e. The average molecular weight is 301 g/mol. The van der Waals surface area contributed by atoms with Crippen molar-refractivity contribution < 1.29 is 41.0 Å². The number of alkyl halides is 6. The molecule has 1 aromatic rings. The van der Waals surface area contributed by atoms with Crippen LogP contribution in [0.3, 0.4) is 0 Å². The standard InChI is InChI=1S/C10H5F6NO3/c11-9(12,13)5-2-1-4(7(18)19)3-6(5)17-8(20)10(14,15)16/h1-3H,(H,17,20)(H,18,19). The molecule has 1 rings (SSSR count). The molecule has 1 aromatic carbocycles. The fourth-order valence-electron chi connectivity index (χ4n) is 1.22. The molecule has 0 aromatic heterocycles. The Labute approximate surface area is 107 Å². The smallest absolute Gasteiger partial charge is 0.471 e. The lowest BCUT2D eigenvalue weighted by molar-refractivity contribution is -0.167. The molecule has 0 aliphatic carbocycles. The molecule has 10 heteroatoms. The number of carboxylic acids is 1. The highest BCUT2D eigenvalue weighted by Crippen LogP contribution is 2.36. The zero-order chi connectivity index (χ0) is 15.7. The third kappa shape index (κ3) is 3.62. The van der Waals surface area contributed by atoms with Crippen LogP contribution in [0.2, 0.25) is 0 Å². The first-order valence-electron chi connectivity index (χ1n) is 4.75. The maximum Gasteiger partial charge on any atom is 0.471 e. The van der Waals surface area contributed by atoms with E-state index in [2.05, 4.69) is 0 Å². The molecule has 0 spiro atoms. The van der Waals surface area contributed by atoms with E-state index in [0.29, 0.717) is 12.1 Å². The first kappa shape index (κ1) is 15.8. The van der Waals surface area contributed by atoms with Crippen LogP contribution < -0.4 is 5.32 Å². The summed E-state index contributed by atoms with van der Waals surface area (Å²) < 4.78 is 73.7. The highest BCUT2D eigenvalue weighted by atomic mass is 19.4. The number of carbonyl (C=O) groups is 2. The van der Waals surface area contributed by atoms with Gasteiger partial charge in [-0.25, -0.2) is 4.79 Å². The Morgan fingerprint density at radius 1 is 1.05 bits per heavy atom. The van der Waals surface area contributed by atoms with Crippen LogP contribution in [0.15, 0.2) is 18.2 Å². The molecule has 0 atom stereocenters. The van der Waals surface area contributed by atoms with Crippen molar-refractivity contribution in [3.8, 4) is 0 Å². The van der Waals surface area contributed by atoms with E-state index in [1.165, 1.54) is 0 Å². The lowest BCUT2D eigenvalue weighted by atomic mass is 10.1. The zero-order valence-electron chi connectivity index (χ0n) is 9.26. The molecule has 110 valence electrons. The molecule has 0 bridgehead atoms. The first-order chi connectivity index (χ1) is 8.93. The number of aromatic carboxylic acids is 1. The number of anilines is 1. The van der Waals surface area contributed by atoms with Crippen molar-refractivity contribution in [3.05, 3.63) is 29.3 Å². The van der Waals surface area contributed by atoms with Crippen molar-refractivity contribution >= 4 is 17.6 Å². The summed E-state index contributed by atoms with van der Waals surface area (Å²) in [7, 11) is 0. The van der Waals surface area contributed by atoms with Gasteiger partial charge in [-0.3, -0.25) is 4.79 Å². The Kier molecular flexibility index (Phi) is 3.97. The lowest BCUT2D eigenvalue weighted by Crippen LogP contribution is -2.31. The predicted molar refractivity (Wildman–Crippen MR) is 53.1 cm³/mol. The molecule has 0 aliphatic heterocycles. The summed E-state index contributed by atoms with van der Waals surface area (Å²) in [6, 6.07) is 1.14. The molecule has 1 amide bonds. The Hall–Kier alpha value is -2.26. The summed E-state index contributed by atoms with van der Waals surface area (Å²) in [6.07, 6.45) is -10.5. The summed E-state index contributed by atoms with van der Waals surface area (Å²) in [4.78, 5) is 21.2. The minimum Gasteiger partial charge on any atom is -0.478 e. The quantitative estimate of drug-likeness (QED) is 0.825. The van der Waals surface area contributed by atoms with Crippen molar-refractivity contribution in [2.75, 3.05) is 5.32 Å². The first-order valence-corrected chi connectivity index (χ1v) is 4.75. The van der Waals surface area contributed by atoms with E-state index in [0.717, 1.165) is 5.32 Å². The second-order valence-electron chi connectivity index (χ2n) is 3.52. The number of halogens is 6. The minimum absolute atomic E-state index is 0.273. The Balaban J connectivity index is 3.29. The van der Waals surface area contributed by atoms with E-state index in [4.69, 9.17) is 5.11 Å². The van der Waals surface area contributed by atoms with Gasteiger partial charge in [-0.05, 0) is 18.2 Å². The van der Waals surface area contributed by atoms with Crippen LogP contribution in [0.1, 0.15) is 15.9 Å². The van der Waals surface area contributed by atoms with Crippen LogP contribution in [0, 0.1) is 0 Å². The fraction of sp³-hybridized carbons (Fsp3) is 0.200. The van der Waals surface area contributed by atoms with Crippen LogP contribution in [0.25, 0.3) is 0 Å². The molecule has 0 fully saturated rings. The Bertz CT molecular complexity index is 549. The number of carboxylic acid groups (broad SMARTS) is 1. The molecule has 0 saturated carbocycles. The van der Waals surface area contributed by atoms with Crippen LogP contribution in [0.4, 0.5) is 32.0 Å². The molecule has 0 heterocycles. The van der Waals surface area contributed by atoms with Gasteiger partial charge in [-0.15, -0.1) is 0 Å². The highest BCUT2D eigenvalue weighted by molar-refractivity contribution is 5.97. The second kappa shape index (κ2) is 5.02. The van der Waals surface area contributed by atoms with Gasteiger partial charge >= 0.3 is 24.2 Å². The fourth-order valence-corrected chi connectivity index (χ4v) is 1.22. The SMILES string of the molecule is O=C(O)c1ccc(C(F)(F)F)c(NC(=O)C(F)(F)F)c1. The molecule has 0 saturated heterocycles. The predicted octanol–water partition coefficient (Wildman–Crippen LogP) is 2.90. The molecular weight excluding hydrogens is 296 g/mol. The van der Waals surface area contributed by atoms with Gasteiger partial charge in [0.25, 0.3) is 0 Å². The summed E-state index contributed by atoms with van der Waals surface area (Å²) in [5.74, 6) is -4.29. The van der Waals surface area contributed by atoms with Crippen molar-refractivity contribution in [2.24, 2.45) is 0 Å². The molecule has 0 unspecified atom stereocenters. The minimum atomic E-state index is -5.40. The molecule has 2 N–H and O–H groups in total. The topological polar surface area (TPSA) is 66.4 Å². The van der Waals surface area contributed by atoms with Gasteiger partial charge in [-0.1, -0.05) is 0 Å². The van der Waals surface area contributed by atoms with E-state index in [-0.39, 0.29) is 6.07 Å². The van der Waals surface area contributed by atoms with Crippen molar-refractivity contribution in [1.29, 1.82) is 0 Å². The van der Waals surface area contributed by atoms with Crippen LogP contribution in [-0.4, -0.2) is 23.2 Å². The van der Waals surface area contributed by atoms with E-state index in [1.807, 2.05) is 0 Å². The number of carbonyl (C=O) groups excluding carboxylic acids is 1. The lowest BCUT2D eigenvalue weighted by Gasteiger charge is -2.15. The molecule has 20 heavy (non-hydrogen) atoms. The number of hydrogen-bond donors (Lipinski definition) is 2. The van der Waals surface area contributed by atoms with Gasteiger partial charge in [0, 0.05) is 0 Å². The molecule has 0 aliphatic rings. The van der Waals surface area contributed by atoms with Gasteiger partial charge < -0.3 is 10.4 Å². The van der Waals surface area contributed by atoms with Gasteiger partial charge in [0.15, 0.2) is 0 Å². The molecular formula is C10H5F6NO3. The van der Waals surface area contributed by atoms with Gasteiger partial charge in [0.1, 0.15) is 0 Å². The Morgan fingerprint density at radius 2 is 1.60 bits per heavy atom. The number of nitrogens with one attached hydrogen (secondary N) is 1. The van der Waals surface area contributed by atoms with Gasteiger partial charge in [0.2, 0.25) is 0 Å². The zero-order valence-corrected chi connectivity index (χ0v) is 9.26. The normalized spacial score (nSPS) is 12.1. The summed E-state index contributed by atoms with van der Waals surface area (Å²) >= 11 is 0. The van der Waals surface area contributed by atoms with Crippen LogP contribution in [-0.2, 0) is 11.0 Å². The molecule has 4 nitrogen and oxygen atoms in total. The second-order valence-corrected chi connectivity index (χ2v) is 3.52. The number of amides is 1. The number of benzene rings is 1. The van der Waals surface area contributed by atoms with Crippen molar-refractivity contribution in [1.82, 2.24) is 0 Å². The third-order valence-corrected chi connectivity index (χ3v) is 2.08. The summed E-state index contributed by atoms with van der Waals surface area (Å²) in [5.41, 5.74) is -3.56. The monoisotopic (exact) mass is 301 g/mol. The van der Waals surface area contributed by atoms with E-state index in [9.17, 15) is 35.9 Å². The summed E-state index contributed by atoms with van der Waals surface area (Å²) in [5, 5.41) is 9.59. The third-order valence-electron chi connectivity index (χ3n) is 2.08. The maximum atomic E-state index is 12.5. The average Bonchev–Trinajstić information content (AvgIpc) is 2.25. The van der Waals surface area contributed by atoms with Gasteiger partial charge in [-0.2, -0.15) is 26.3 Å². The van der Waals surface area contributed by atoms with Crippen LogP contribution >= 0.6 is 0 Å². The molecule has 0 radical (unpaired) electrons.